The summed E-state index contributed by atoms with van der Waals surface area (Å²) < 4.78 is 0. The van der Waals surface area contributed by atoms with Crippen LogP contribution in [-0.2, 0) is 11.2 Å². The summed E-state index contributed by atoms with van der Waals surface area (Å²) in [5, 5.41) is 12.4. The first-order valence-electron chi connectivity index (χ1n) is 7.74. The zero-order chi connectivity index (χ0) is 16.8. The lowest BCUT2D eigenvalue weighted by Crippen LogP contribution is -2.37. The average Bonchev–Trinajstić information content (AvgIpc) is 3.24. The Morgan fingerprint density at radius 2 is 2.21 bits per heavy atom. The Bertz CT molecular complexity index is 858. The Balaban J connectivity index is 1.86. The molecule has 1 aliphatic carbocycles. The van der Waals surface area contributed by atoms with E-state index in [4.69, 9.17) is 28.3 Å². The second-order valence-electron chi connectivity index (χ2n) is 6.03. The van der Waals surface area contributed by atoms with Crippen molar-refractivity contribution in [3.8, 4) is 10.4 Å². The maximum Gasteiger partial charge on any atom is 0.248 e. The molecule has 3 nitrogen and oxygen atoms in total. The number of fused-ring (bicyclic) bond motifs is 2. The predicted octanol–water partition coefficient (Wildman–Crippen LogP) is 4.26. The molecule has 1 aliphatic heterocycles. The van der Waals surface area contributed by atoms with Crippen LogP contribution in [0.15, 0.2) is 29.2 Å². The van der Waals surface area contributed by atoms with E-state index < -0.39 is 6.61 Å². The van der Waals surface area contributed by atoms with Crippen LogP contribution in [-0.4, -0.2) is 35.6 Å². The Hall–Kier alpha value is -1.33. The van der Waals surface area contributed by atoms with Crippen LogP contribution in [0.5, 0.6) is 0 Å². The number of aliphatic hydroxyl groups excluding tert-OH is 1. The van der Waals surface area contributed by atoms with Crippen molar-refractivity contribution in [2.75, 3.05) is 19.7 Å². The third kappa shape index (κ3) is 2.49. The monoisotopic (exact) mass is 379 g/mol. The van der Waals surface area contributed by atoms with E-state index in [0.717, 1.165) is 34.4 Å². The van der Waals surface area contributed by atoms with Crippen LogP contribution in [0.1, 0.15) is 17.5 Å². The molecule has 4 rings (SSSR count). The smallest absolute Gasteiger partial charge is 0.248 e. The molecule has 1 amide bonds. The molecule has 0 spiro atoms. The molecule has 2 heterocycles. The molecule has 1 aromatic heterocycles. The molecule has 1 aromatic carbocycles. The van der Waals surface area contributed by atoms with Crippen LogP contribution in [0.4, 0.5) is 0 Å². The molecular formula is C18H15Cl2NO2S. The van der Waals surface area contributed by atoms with E-state index in [1.54, 1.807) is 16.2 Å². The van der Waals surface area contributed by atoms with E-state index >= 15 is 0 Å². The highest BCUT2D eigenvalue weighted by Crippen LogP contribution is 2.48. The molecule has 0 fully saturated rings. The lowest BCUT2D eigenvalue weighted by molar-refractivity contribution is -0.133. The van der Waals surface area contributed by atoms with Crippen molar-refractivity contribution in [1.82, 2.24) is 4.90 Å². The van der Waals surface area contributed by atoms with Gasteiger partial charge in [-0.15, -0.1) is 11.3 Å². The summed E-state index contributed by atoms with van der Waals surface area (Å²) in [4.78, 5) is 14.8. The largest absolute Gasteiger partial charge is 0.387 e. The first-order valence-corrected chi connectivity index (χ1v) is 9.38. The van der Waals surface area contributed by atoms with Crippen LogP contribution in [0, 0.1) is 0 Å². The molecule has 0 bridgehead atoms. The quantitative estimate of drug-likeness (QED) is 0.846. The number of aliphatic hydroxyl groups is 1. The van der Waals surface area contributed by atoms with Crippen molar-refractivity contribution in [1.29, 1.82) is 0 Å². The molecule has 0 saturated heterocycles. The number of benzene rings is 1. The summed E-state index contributed by atoms with van der Waals surface area (Å²) in [5.74, 6) is -0.229. The number of carbonyl (C=O) groups is 1. The molecule has 2 aromatic rings. The predicted molar refractivity (Wildman–Crippen MR) is 98.7 cm³/mol. The SMILES string of the molecule is O=C(CO)N1CCC2=C(C1)c1c(-c3cccs3)cc(Cl)c(Cl)c1C2. The van der Waals surface area contributed by atoms with Gasteiger partial charge in [-0.2, -0.15) is 0 Å². The van der Waals surface area contributed by atoms with Gasteiger partial charge < -0.3 is 10.0 Å². The number of nitrogens with zero attached hydrogens (tertiary/aromatic N) is 1. The Morgan fingerprint density at radius 1 is 1.38 bits per heavy atom. The third-order valence-corrected chi connectivity index (χ3v) is 6.47. The van der Waals surface area contributed by atoms with Crippen molar-refractivity contribution < 1.29 is 9.90 Å². The molecule has 1 N–H and O–H groups in total. The maximum atomic E-state index is 11.9. The van der Waals surface area contributed by atoms with Crippen LogP contribution in [0.25, 0.3) is 16.0 Å². The standard InChI is InChI=1S/C18H15Cl2NO2S/c19-14-7-11(15-2-1-5-24-15)17-12(18(14)20)6-10-3-4-21(8-13(10)17)16(23)9-22/h1-2,5,7,22H,3-4,6,8-9H2. The van der Waals surface area contributed by atoms with Gasteiger partial charge in [-0.3, -0.25) is 4.79 Å². The fourth-order valence-electron chi connectivity index (χ4n) is 3.60. The third-order valence-electron chi connectivity index (χ3n) is 4.74. The van der Waals surface area contributed by atoms with Crippen molar-refractivity contribution in [3.05, 3.63) is 50.3 Å². The molecule has 0 unspecified atom stereocenters. The summed E-state index contributed by atoms with van der Waals surface area (Å²) in [6, 6.07) is 6.02. The van der Waals surface area contributed by atoms with Gasteiger partial charge in [-0.25, -0.2) is 0 Å². The fourth-order valence-corrected chi connectivity index (χ4v) is 4.78. The highest BCUT2D eigenvalue weighted by Gasteiger charge is 2.33. The molecule has 0 atom stereocenters. The highest BCUT2D eigenvalue weighted by molar-refractivity contribution is 7.13. The van der Waals surface area contributed by atoms with Crippen LogP contribution in [0.2, 0.25) is 10.0 Å². The van der Waals surface area contributed by atoms with E-state index in [-0.39, 0.29) is 5.91 Å². The summed E-state index contributed by atoms with van der Waals surface area (Å²) in [6.45, 7) is 0.721. The molecule has 6 heteroatoms. The number of amides is 1. The lowest BCUT2D eigenvalue weighted by atomic mass is 9.95. The van der Waals surface area contributed by atoms with Crippen molar-refractivity contribution in [3.63, 3.8) is 0 Å². The Labute approximate surface area is 154 Å². The van der Waals surface area contributed by atoms with Gasteiger partial charge in [-0.1, -0.05) is 34.8 Å². The zero-order valence-corrected chi connectivity index (χ0v) is 15.1. The van der Waals surface area contributed by atoms with Gasteiger partial charge in [-0.05, 0) is 47.1 Å². The molecule has 24 heavy (non-hydrogen) atoms. The average molecular weight is 380 g/mol. The summed E-state index contributed by atoms with van der Waals surface area (Å²) in [5.41, 5.74) is 5.76. The van der Waals surface area contributed by atoms with Gasteiger partial charge in [0.1, 0.15) is 6.61 Å². The first kappa shape index (κ1) is 16.2. The molecule has 0 radical (unpaired) electrons. The number of carbonyl (C=O) groups excluding carboxylic acids is 1. The number of rotatable bonds is 2. The maximum absolute atomic E-state index is 11.9. The number of hydrogen-bond acceptors (Lipinski definition) is 3. The number of halogens is 2. The first-order chi connectivity index (χ1) is 11.6. The van der Waals surface area contributed by atoms with Crippen LogP contribution in [0.3, 0.4) is 0 Å². The molecule has 0 saturated carbocycles. The minimum atomic E-state index is -0.450. The van der Waals surface area contributed by atoms with Crippen LogP contribution >= 0.6 is 34.5 Å². The number of thiophene rings is 1. The number of hydrogen-bond donors (Lipinski definition) is 1. The Morgan fingerprint density at radius 3 is 2.92 bits per heavy atom. The minimum Gasteiger partial charge on any atom is -0.387 e. The normalized spacial score (nSPS) is 16.4. The van der Waals surface area contributed by atoms with Gasteiger partial charge in [0.15, 0.2) is 0 Å². The van der Waals surface area contributed by atoms with Crippen LogP contribution < -0.4 is 0 Å². The second kappa shape index (κ2) is 6.19. The van der Waals surface area contributed by atoms with Crippen molar-refractivity contribution in [2.24, 2.45) is 0 Å². The van der Waals surface area contributed by atoms with Crippen molar-refractivity contribution in [2.45, 2.75) is 12.8 Å². The van der Waals surface area contributed by atoms with Crippen molar-refractivity contribution >= 4 is 46.0 Å². The minimum absolute atomic E-state index is 0.229. The van der Waals surface area contributed by atoms with E-state index in [1.165, 1.54) is 11.1 Å². The van der Waals surface area contributed by atoms with Gasteiger partial charge in [0.25, 0.3) is 0 Å². The van der Waals surface area contributed by atoms with Gasteiger partial charge in [0.2, 0.25) is 5.91 Å². The summed E-state index contributed by atoms with van der Waals surface area (Å²) in [7, 11) is 0. The van der Waals surface area contributed by atoms with Gasteiger partial charge in [0, 0.05) is 23.5 Å². The highest BCUT2D eigenvalue weighted by atomic mass is 35.5. The molecular weight excluding hydrogens is 365 g/mol. The van der Waals surface area contributed by atoms with E-state index in [9.17, 15) is 4.79 Å². The van der Waals surface area contributed by atoms with E-state index in [2.05, 4.69) is 6.07 Å². The van der Waals surface area contributed by atoms with Gasteiger partial charge in [0.05, 0.1) is 10.0 Å². The molecule has 2 aliphatic rings. The lowest BCUT2D eigenvalue weighted by Gasteiger charge is -2.28. The summed E-state index contributed by atoms with van der Waals surface area (Å²) >= 11 is 14.5. The topological polar surface area (TPSA) is 40.5 Å². The van der Waals surface area contributed by atoms with Gasteiger partial charge >= 0.3 is 0 Å². The van der Waals surface area contributed by atoms with E-state index in [1.807, 2.05) is 17.5 Å². The fraction of sp³-hybridized carbons (Fsp3) is 0.278. The second-order valence-corrected chi connectivity index (χ2v) is 7.77. The Kier molecular flexibility index (Phi) is 4.17. The zero-order valence-electron chi connectivity index (χ0n) is 12.8. The molecule has 124 valence electrons. The van der Waals surface area contributed by atoms with E-state index in [0.29, 0.717) is 23.1 Å². The summed E-state index contributed by atoms with van der Waals surface area (Å²) in [6.07, 6.45) is 1.61.